The molecular formula is C16H11Cl3FNO3. The smallest absolute Gasteiger partial charge is 0.310 e. The summed E-state index contributed by atoms with van der Waals surface area (Å²) in [6, 6.07) is 8.38. The zero-order chi connectivity index (χ0) is 17.7. The summed E-state index contributed by atoms with van der Waals surface area (Å²) >= 11 is 17.6. The maximum Gasteiger partial charge on any atom is 0.310 e. The number of nitrogens with one attached hydrogen (secondary N) is 1. The van der Waals surface area contributed by atoms with Crippen LogP contribution in [0, 0.1) is 5.82 Å². The lowest BCUT2D eigenvalue weighted by Gasteiger charge is -2.10. The van der Waals surface area contributed by atoms with E-state index in [9.17, 15) is 14.0 Å². The van der Waals surface area contributed by atoms with Crippen LogP contribution in [-0.2, 0) is 20.7 Å². The van der Waals surface area contributed by atoms with Gasteiger partial charge in [-0.15, -0.1) is 0 Å². The van der Waals surface area contributed by atoms with Gasteiger partial charge in [-0.2, -0.15) is 0 Å². The van der Waals surface area contributed by atoms with E-state index < -0.39 is 24.3 Å². The van der Waals surface area contributed by atoms with E-state index in [4.69, 9.17) is 39.5 Å². The van der Waals surface area contributed by atoms with E-state index in [-0.39, 0.29) is 22.2 Å². The fourth-order valence-corrected chi connectivity index (χ4v) is 2.76. The Morgan fingerprint density at radius 1 is 1.08 bits per heavy atom. The molecule has 2 aromatic carbocycles. The summed E-state index contributed by atoms with van der Waals surface area (Å²) in [4.78, 5) is 23.5. The van der Waals surface area contributed by atoms with Gasteiger partial charge in [0.2, 0.25) is 0 Å². The first kappa shape index (κ1) is 18.5. The lowest BCUT2D eigenvalue weighted by Crippen LogP contribution is -2.22. The van der Waals surface area contributed by atoms with E-state index in [2.05, 4.69) is 5.32 Å². The van der Waals surface area contributed by atoms with Crippen molar-refractivity contribution in [2.75, 3.05) is 11.9 Å². The third-order valence-electron chi connectivity index (χ3n) is 2.87. The molecule has 0 saturated carbocycles. The average molecular weight is 391 g/mol. The highest BCUT2D eigenvalue weighted by molar-refractivity contribution is 6.42. The summed E-state index contributed by atoms with van der Waals surface area (Å²) < 4.78 is 17.9. The molecule has 0 aliphatic heterocycles. The zero-order valence-electron chi connectivity index (χ0n) is 12.1. The Balaban J connectivity index is 1.88. The van der Waals surface area contributed by atoms with Crippen LogP contribution >= 0.6 is 34.8 Å². The van der Waals surface area contributed by atoms with E-state index in [0.29, 0.717) is 10.6 Å². The normalized spacial score (nSPS) is 10.3. The number of hydrogen-bond donors (Lipinski definition) is 1. The molecule has 24 heavy (non-hydrogen) atoms. The number of hydrogen-bond acceptors (Lipinski definition) is 3. The van der Waals surface area contributed by atoms with Gasteiger partial charge >= 0.3 is 5.97 Å². The van der Waals surface area contributed by atoms with Crippen LogP contribution in [0.15, 0.2) is 36.4 Å². The molecule has 0 radical (unpaired) electrons. The minimum absolute atomic E-state index is 0.145. The Kier molecular flexibility index (Phi) is 6.43. The molecule has 0 bridgehead atoms. The van der Waals surface area contributed by atoms with E-state index >= 15 is 0 Å². The minimum Gasteiger partial charge on any atom is -0.455 e. The van der Waals surface area contributed by atoms with Gasteiger partial charge in [0.05, 0.1) is 22.2 Å². The fraction of sp³-hybridized carbons (Fsp3) is 0.125. The largest absolute Gasteiger partial charge is 0.455 e. The second-order valence-corrected chi connectivity index (χ2v) is 6.01. The Hall–Kier alpha value is -1.82. The molecule has 4 nitrogen and oxygen atoms in total. The Labute approximate surface area is 152 Å². The van der Waals surface area contributed by atoms with E-state index in [1.807, 2.05) is 0 Å². The van der Waals surface area contributed by atoms with E-state index in [1.54, 1.807) is 6.07 Å². The lowest BCUT2D eigenvalue weighted by atomic mass is 10.1. The predicted octanol–water partition coefficient (Wildman–Crippen LogP) is 4.51. The summed E-state index contributed by atoms with van der Waals surface area (Å²) in [6.45, 7) is -0.524. The minimum atomic E-state index is -0.663. The molecule has 1 N–H and O–H groups in total. The number of carbonyl (C=O) groups excluding carboxylic acids is 2. The second-order valence-electron chi connectivity index (χ2n) is 4.76. The van der Waals surface area contributed by atoms with Crippen molar-refractivity contribution in [2.45, 2.75) is 6.42 Å². The van der Waals surface area contributed by atoms with Crippen LogP contribution in [0.5, 0.6) is 0 Å². The van der Waals surface area contributed by atoms with Crippen molar-refractivity contribution in [3.8, 4) is 0 Å². The van der Waals surface area contributed by atoms with Crippen molar-refractivity contribution >= 4 is 52.4 Å². The van der Waals surface area contributed by atoms with Gasteiger partial charge in [0.1, 0.15) is 5.82 Å². The quantitative estimate of drug-likeness (QED) is 0.764. The molecule has 2 rings (SSSR count). The summed E-state index contributed by atoms with van der Waals surface area (Å²) in [7, 11) is 0. The number of rotatable bonds is 5. The number of carbonyl (C=O) groups is 2. The van der Waals surface area contributed by atoms with Crippen molar-refractivity contribution < 1.29 is 18.7 Å². The number of halogens is 4. The molecule has 0 spiro atoms. The Morgan fingerprint density at radius 3 is 2.38 bits per heavy atom. The zero-order valence-corrected chi connectivity index (χ0v) is 14.4. The van der Waals surface area contributed by atoms with Crippen molar-refractivity contribution in [3.63, 3.8) is 0 Å². The number of amides is 1. The lowest BCUT2D eigenvalue weighted by molar-refractivity contribution is -0.146. The fourth-order valence-electron chi connectivity index (χ4n) is 1.85. The molecule has 0 aliphatic rings. The van der Waals surface area contributed by atoms with Crippen molar-refractivity contribution in [2.24, 2.45) is 0 Å². The molecule has 0 aliphatic carbocycles. The first-order valence-electron chi connectivity index (χ1n) is 6.69. The van der Waals surface area contributed by atoms with E-state index in [0.717, 1.165) is 0 Å². The number of anilines is 1. The predicted molar refractivity (Wildman–Crippen MR) is 91.2 cm³/mol. The highest BCUT2D eigenvalue weighted by Gasteiger charge is 2.13. The number of esters is 1. The van der Waals surface area contributed by atoms with Gasteiger partial charge in [0, 0.05) is 5.02 Å². The molecule has 0 heterocycles. The molecule has 0 atom stereocenters. The maximum atomic E-state index is 13.0. The summed E-state index contributed by atoms with van der Waals surface area (Å²) in [5.41, 5.74) is 0.623. The summed E-state index contributed by atoms with van der Waals surface area (Å²) in [6.07, 6.45) is -0.145. The van der Waals surface area contributed by atoms with Gasteiger partial charge in [0.15, 0.2) is 6.61 Å². The number of benzene rings is 2. The van der Waals surface area contributed by atoms with Gasteiger partial charge < -0.3 is 10.1 Å². The van der Waals surface area contributed by atoms with Gasteiger partial charge in [-0.05, 0) is 29.8 Å². The third-order valence-corrected chi connectivity index (χ3v) is 3.69. The van der Waals surface area contributed by atoms with Crippen LogP contribution in [0.4, 0.5) is 10.1 Å². The monoisotopic (exact) mass is 389 g/mol. The average Bonchev–Trinajstić information content (AvgIpc) is 2.49. The molecular weight excluding hydrogens is 380 g/mol. The summed E-state index contributed by atoms with van der Waals surface area (Å²) in [5.74, 6) is -1.73. The molecule has 8 heteroatoms. The van der Waals surface area contributed by atoms with Crippen LogP contribution in [-0.4, -0.2) is 18.5 Å². The third kappa shape index (κ3) is 5.37. The van der Waals surface area contributed by atoms with Gasteiger partial charge in [-0.25, -0.2) is 4.39 Å². The van der Waals surface area contributed by atoms with Crippen LogP contribution < -0.4 is 5.32 Å². The molecule has 0 unspecified atom stereocenters. The van der Waals surface area contributed by atoms with Crippen molar-refractivity contribution in [1.29, 1.82) is 0 Å². The topological polar surface area (TPSA) is 55.4 Å². The highest BCUT2D eigenvalue weighted by atomic mass is 35.5. The molecule has 126 valence electrons. The summed E-state index contributed by atoms with van der Waals surface area (Å²) in [5, 5.41) is 3.08. The van der Waals surface area contributed by atoms with Crippen LogP contribution in [0.1, 0.15) is 5.56 Å². The Bertz CT molecular complexity index is 760. The van der Waals surface area contributed by atoms with Crippen LogP contribution in [0.3, 0.4) is 0 Å². The molecule has 0 saturated heterocycles. The molecule has 0 aromatic heterocycles. The SMILES string of the molecule is O=C(COC(=O)Cc1cccc(F)c1)Nc1c(Cl)cc(Cl)cc1Cl. The first-order valence-corrected chi connectivity index (χ1v) is 7.83. The molecule has 2 aromatic rings. The maximum absolute atomic E-state index is 13.0. The van der Waals surface area contributed by atoms with Crippen molar-refractivity contribution in [1.82, 2.24) is 0 Å². The highest BCUT2D eigenvalue weighted by Crippen LogP contribution is 2.33. The van der Waals surface area contributed by atoms with Gasteiger partial charge in [-0.3, -0.25) is 9.59 Å². The molecule has 0 fully saturated rings. The Morgan fingerprint density at radius 2 is 1.75 bits per heavy atom. The van der Waals surface area contributed by atoms with Gasteiger partial charge in [0.25, 0.3) is 5.91 Å². The van der Waals surface area contributed by atoms with Crippen molar-refractivity contribution in [3.05, 3.63) is 62.8 Å². The van der Waals surface area contributed by atoms with E-state index in [1.165, 1.54) is 30.3 Å². The first-order chi connectivity index (χ1) is 11.3. The molecule has 1 amide bonds. The van der Waals surface area contributed by atoms with Gasteiger partial charge in [-0.1, -0.05) is 46.9 Å². The standard InChI is InChI=1S/C16H11Cl3FNO3/c17-10-6-12(18)16(13(19)7-10)21-14(22)8-24-15(23)5-9-2-1-3-11(20)4-9/h1-4,6-7H,5,8H2,(H,21,22). The van der Waals surface area contributed by atoms with Crippen LogP contribution in [0.25, 0.3) is 0 Å². The number of ether oxygens (including phenoxy) is 1. The van der Waals surface area contributed by atoms with Crippen LogP contribution in [0.2, 0.25) is 15.1 Å². The second kappa shape index (κ2) is 8.33.